The number of methoxy groups -OCH3 is 3. The van der Waals surface area contributed by atoms with Gasteiger partial charge in [0.05, 0.1) is 37.6 Å². The molecule has 15 atom stereocenters. The van der Waals surface area contributed by atoms with E-state index >= 15 is 0 Å². The molecule has 3 fully saturated rings. The number of hydrogen-bond acceptors (Lipinski definition) is 14. The smallest absolute Gasteiger partial charge is 0.329 e. The summed E-state index contributed by atoms with van der Waals surface area (Å²) in [7, 11) is 4.58. The number of Topliss-reactive ketones (excluding diaryl/α,β-unsaturated/α-hetero) is 3. The molecule has 68 heavy (non-hydrogen) atoms. The Labute approximate surface area is 405 Å². The van der Waals surface area contributed by atoms with Crippen molar-refractivity contribution in [3.05, 3.63) is 47.6 Å². The highest BCUT2D eigenvalue weighted by molar-refractivity contribution is 6.39. The van der Waals surface area contributed by atoms with Crippen molar-refractivity contribution < 1.29 is 67.7 Å². The first-order valence-electron chi connectivity index (χ1n) is 25.0. The molecule has 15 nitrogen and oxygen atoms in total. The van der Waals surface area contributed by atoms with Gasteiger partial charge in [-0.2, -0.15) is 0 Å². The van der Waals surface area contributed by atoms with Gasteiger partial charge in [0.15, 0.2) is 5.78 Å². The summed E-state index contributed by atoms with van der Waals surface area (Å²) in [6, 6.07) is -1.14. The lowest BCUT2D eigenvalue weighted by atomic mass is 9.78. The molecular formula is C53H83NO14. The standard InChI is InChI=1S/C53H83NO14/c1-32-16-12-11-13-17-33(2)44(63-8)30-40-21-19-38(7)53(62,68-40)50(59)51(60)54-23-15-14-18-41(54)52(61)67-45(35(4)28-39-20-22-43(66-25-24-55)46(29-39)64-9)31-42(56)34(3)27-37(6)48(58)49(65-10)47(57)36(5)26-32/h11-13,16-17,27,32,34-36,38-41,43-46,48-49,55,58,62H,14-15,18-26,28-31H2,1-10H3/b13-11+,16-12?,33-17-,37-27+/t32-,34-,35-,36-,38-,39+,40+,41+,43-,44+,45+,46-,48-,49+,53-/m1/s1. The zero-order valence-corrected chi connectivity index (χ0v) is 42.4. The number of aliphatic hydroxyl groups is 3. The monoisotopic (exact) mass is 958 g/mol. The Kier molecular flexibility index (Phi) is 22.9. The van der Waals surface area contributed by atoms with Gasteiger partial charge in [0.1, 0.15) is 30.1 Å². The van der Waals surface area contributed by atoms with Crippen molar-refractivity contribution in [2.24, 2.45) is 35.5 Å². The van der Waals surface area contributed by atoms with Crippen LogP contribution in [0.4, 0.5) is 0 Å². The second-order valence-electron chi connectivity index (χ2n) is 20.2. The molecule has 0 spiro atoms. The third-order valence-corrected chi connectivity index (χ3v) is 14.9. The maximum absolute atomic E-state index is 14.5. The molecule has 0 aromatic carbocycles. The molecule has 0 unspecified atom stereocenters. The fourth-order valence-corrected chi connectivity index (χ4v) is 10.5. The number of amides is 1. The van der Waals surface area contributed by atoms with Gasteiger partial charge in [-0.25, -0.2) is 4.79 Å². The molecule has 15 heteroatoms. The number of esters is 1. The number of fused-ring (bicyclic) bond motifs is 3. The summed E-state index contributed by atoms with van der Waals surface area (Å²) < 4.78 is 35.6. The topological polar surface area (TPSA) is 205 Å². The van der Waals surface area contributed by atoms with E-state index in [1.54, 1.807) is 41.1 Å². The molecular weight excluding hydrogens is 875 g/mol. The number of aliphatic hydroxyl groups excluding tert-OH is 2. The van der Waals surface area contributed by atoms with E-state index in [1.807, 2.05) is 58.1 Å². The van der Waals surface area contributed by atoms with Crippen molar-refractivity contribution in [1.29, 1.82) is 0 Å². The summed E-state index contributed by atoms with van der Waals surface area (Å²) in [6.45, 7) is 12.9. The van der Waals surface area contributed by atoms with Gasteiger partial charge < -0.3 is 48.6 Å². The lowest BCUT2D eigenvalue weighted by molar-refractivity contribution is -0.265. The summed E-state index contributed by atoms with van der Waals surface area (Å²) in [6.07, 6.45) is 12.0. The van der Waals surface area contributed by atoms with Crippen molar-refractivity contribution in [2.75, 3.05) is 41.1 Å². The number of carbonyl (C=O) groups is 5. The average Bonchev–Trinajstić information content (AvgIpc) is 3.32. The second-order valence-corrected chi connectivity index (χ2v) is 20.2. The summed E-state index contributed by atoms with van der Waals surface area (Å²) >= 11 is 0. The maximum atomic E-state index is 14.5. The van der Waals surface area contributed by atoms with Crippen LogP contribution in [-0.4, -0.2) is 145 Å². The average molecular weight is 958 g/mol. The SMILES string of the molecule is CO[C@H]1C[C@@H]2CC[C@@H](C)[C@@](O)(O2)C(=O)C(=O)N2CCCC[C@H]2C(=O)O[C@H]([C@H](C)C[C@@H]2CC[C@@H](OCCO)[C@H](OC)C2)CC(=O)[C@H](C)/C=C(\C)[C@@H](O)[C@@H](OC)C(=O)[C@H](C)C[C@H](C)C=C/C=C/C=C\1C. The van der Waals surface area contributed by atoms with Gasteiger partial charge in [-0.3, -0.25) is 19.2 Å². The van der Waals surface area contributed by atoms with E-state index in [2.05, 4.69) is 0 Å². The Morgan fingerprint density at radius 1 is 0.853 bits per heavy atom. The van der Waals surface area contributed by atoms with Gasteiger partial charge in [0.25, 0.3) is 11.7 Å². The molecule has 3 N–H and O–H groups in total. The van der Waals surface area contributed by atoms with Crippen molar-refractivity contribution in [3.63, 3.8) is 0 Å². The molecule has 0 aromatic rings. The summed E-state index contributed by atoms with van der Waals surface area (Å²) in [5.41, 5.74) is 1.26. The Morgan fingerprint density at radius 2 is 1.59 bits per heavy atom. The van der Waals surface area contributed by atoms with Crippen molar-refractivity contribution >= 4 is 29.2 Å². The van der Waals surface area contributed by atoms with Crippen molar-refractivity contribution in [1.82, 2.24) is 4.90 Å². The van der Waals surface area contributed by atoms with Crippen LogP contribution in [0.3, 0.4) is 0 Å². The molecule has 384 valence electrons. The number of carbonyl (C=O) groups excluding carboxylic acids is 5. The zero-order chi connectivity index (χ0) is 50.3. The van der Waals surface area contributed by atoms with Crippen LogP contribution in [0.1, 0.15) is 126 Å². The third kappa shape index (κ3) is 15.3. The third-order valence-electron chi connectivity index (χ3n) is 14.9. The molecule has 4 rings (SSSR count). The molecule has 3 aliphatic heterocycles. The first-order valence-corrected chi connectivity index (χ1v) is 25.0. The number of ether oxygens (including phenoxy) is 6. The van der Waals surface area contributed by atoms with Crippen molar-refractivity contribution in [2.45, 2.75) is 180 Å². The fourth-order valence-electron chi connectivity index (χ4n) is 10.5. The molecule has 2 bridgehead atoms. The van der Waals surface area contributed by atoms with Crippen molar-refractivity contribution in [3.8, 4) is 0 Å². The van der Waals surface area contributed by atoms with E-state index in [9.17, 15) is 39.3 Å². The predicted molar refractivity (Wildman–Crippen MR) is 256 cm³/mol. The molecule has 1 saturated carbocycles. The van der Waals surface area contributed by atoms with Gasteiger partial charge in [0.2, 0.25) is 5.79 Å². The zero-order valence-electron chi connectivity index (χ0n) is 42.4. The van der Waals surface area contributed by atoms with E-state index in [1.165, 1.54) is 12.0 Å². The van der Waals surface area contributed by atoms with E-state index < -0.39 is 77.8 Å². The van der Waals surface area contributed by atoms with Crippen LogP contribution in [0.15, 0.2) is 47.6 Å². The lowest BCUT2D eigenvalue weighted by Crippen LogP contribution is -2.61. The van der Waals surface area contributed by atoms with Gasteiger partial charge in [-0.1, -0.05) is 71.1 Å². The maximum Gasteiger partial charge on any atom is 0.329 e. The minimum absolute atomic E-state index is 0.0158. The number of ketones is 3. The van der Waals surface area contributed by atoms with Crippen LogP contribution >= 0.6 is 0 Å². The second kappa shape index (κ2) is 27.3. The molecule has 0 aromatic heterocycles. The van der Waals surface area contributed by atoms with Gasteiger partial charge in [-0.05, 0) is 107 Å². The van der Waals surface area contributed by atoms with Crippen LogP contribution < -0.4 is 0 Å². The highest BCUT2D eigenvalue weighted by Crippen LogP contribution is 2.38. The quantitative estimate of drug-likeness (QED) is 0.134. The summed E-state index contributed by atoms with van der Waals surface area (Å²) in [4.78, 5) is 72.1. The number of cyclic esters (lactones) is 1. The normalized spacial score (nSPS) is 38.7. The Morgan fingerprint density at radius 3 is 2.26 bits per heavy atom. The highest BCUT2D eigenvalue weighted by Gasteiger charge is 2.53. The Bertz CT molecular complexity index is 1810. The van der Waals surface area contributed by atoms with Gasteiger partial charge in [-0.15, -0.1) is 0 Å². The van der Waals surface area contributed by atoms with E-state index in [0.717, 1.165) is 12.0 Å². The van der Waals surface area contributed by atoms with Crippen LogP contribution in [0, 0.1) is 35.5 Å². The Hall–Kier alpha value is -3.41. The number of piperidine rings is 1. The minimum atomic E-state index is -2.43. The first-order chi connectivity index (χ1) is 32.3. The van der Waals surface area contributed by atoms with Crippen LogP contribution in [-0.2, 0) is 52.4 Å². The highest BCUT2D eigenvalue weighted by atomic mass is 16.6. The van der Waals surface area contributed by atoms with E-state index in [0.29, 0.717) is 63.4 Å². The molecule has 1 amide bonds. The van der Waals surface area contributed by atoms with E-state index in [-0.39, 0.29) is 74.1 Å². The van der Waals surface area contributed by atoms with Crippen LogP contribution in [0.2, 0.25) is 0 Å². The molecule has 3 heterocycles. The molecule has 4 aliphatic rings. The number of hydrogen-bond donors (Lipinski definition) is 3. The van der Waals surface area contributed by atoms with Crippen LogP contribution in [0.25, 0.3) is 0 Å². The van der Waals surface area contributed by atoms with Gasteiger partial charge in [0, 0.05) is 58.5 Å². The molecule has 2 saturated heterocycles. The minimum Gasteiger partial charge on any atom is -0.460 e. The molecule has 0 radical (unpaired) electrons. The predicted octanol–water partition coefficient (Wildman–Crippen LogP) is 6.20. The van der Waals surface area contributed by atoms with Crippen LogP contribution in [0.5, 0.6) is 0 Å². The molecule has 1 aliphatic carbocycles. The largest absolute Gasteiger partial charge is 0.460 e. The number of rotatable bonds is 9. The number of nitrogens with zero attached hydrogens (tertiary/aromatic N) is 1. The first kappa shape index (κ1) is 57.2. The van der Waals surface area contributed by atoms with Gasteiger partial charge >= 0.3 is 5.97 Å². The fraction of sp³-hybridized carbons (Fsp3) is 0.755. The lowest BCUT2D eigenvalue weighted by Gasteiger charge is -2.42. The summed E-state index contributed by atoms with van der Waals surface area (Å²) in [5.74, 6) is -7.96. The summed E-state index contributed by atoms with van der Waals surface area (Å²) in [5, 5.41) is 32.8. The van der Waals surface area contributed by atoms with E-state index in [4.69, 9.17) is 28.4 Å². The number of allylic oxidation sites excluding steroid dienone is 6. The Balaban J connectivity index is 1.70.